The second kappa shape index (κ2) is 8.65. The Morgan fingerprint density at radius 2 is 1.44 bits per heavy atom. The van der Waals surface area contributed by atoms with Gasteiger partial charge >= 0.3 is 6.09 Å². The van der Waals surface area contributed by atoms with E-state index in [2.05, 4.69) is 45.0 Å². The Morgan fingerprint density at radius 1 is 0.969 bits per heavy atom. The summed E-state index contributed by atoms with van der Waals surface area (Å²) in [6.45, 7) is 14.2. The monoisotopic (exact) mass is 455 g/mol. The van der Waals surface area contributed by atoms with Crippen molar-refractivity contribution >= 4 is 24.8 Å². The van der Waals surface area contributed by atoms with Crippen molar-refractivity contribution in [3.63, 3.8) is 0 Å². The van der Waals surface area contributed by atoms with Crippen LogP contribution in [-0.4, -0.2) is 48.4 Å². The highest BCUT2D eigenvalue weighted by Crippen LogP contribution is 2.43. The molecule has 0 saturated carbocycles. The number of benzene rings is 2. The molecule has 6 heteroatoms. The van der Waals surface area contributed by atoms with Crippen molar-refractivity contribution in [1.82, 2.24) is 4.90 Å². The SMILES string of the molecule is CC(C)(C)OC(=O)N1C[C@@H](O)C[C@@]1(C)O[Si](c1ccccc1)(c1ccccc1)C(C)(C)C. The topological polar surface area (TPSA) is 59.0 Å². The van der Waals surface area contributed by atoms with Gasteiger partial charge in [0.05, 0.1) is 12.6 Å². The van der Waals surface area contributed by atoms with Crippen molar-refractivity contribution in [2.75, 3.05) is 6.54 Å². The van der Waals surface area contributed by atoms with Gasteiger partial charge in [-0.2, -0.15) is 0 Å². The third-order valence-corrected chi connectivity index (χ3v) is 11.1. The number of β-amino-alcohol motifs (C(OH)–C–C–N with tert-alkyl or cyclic N) is 1. The first-order valence-corrected chi connectivity index (χ1v) is 13.2. The third-order valence-electron chi connectivity index (χ3n) is 5.98. The number of carbonyl (C=O) groups is 1. The molecule has 1 aliphatic rings. The largest absolute Gasteiger partial charge is 0.444 e. The van der Waals surface area contributed by atoms with Crippen molar-refractivity contribution in [2.45, 2.75) is 77.4 Å². The maximum Gasteiger partial charge on any atom is 0.412 e. The zero-order chi connectivity index (χ0) is 23.8. The van der Waals surface area contributed by atoms with Crippen LogP contribution < -0.4 is 10.4 Å². The van der Waals surface area contributed by atoms with Crippen LogP contribution in [0.1, 0.15) is 54.9 Å². The molecule has 2 atom stereocenters. The lowest BCUT2D eigenvalue weighted by Gasteiger charge is -2.49. The fourth-order valence-corrected chi connectivity index (χ4v) is 9.46. The van der Waals surface area contributed by atoms with E-state index in [-0.39, 0.29) is 11.6 Å². The second-order valence-electron chi connectivity index (χ2n) is 10.9. The lowest BCUT2D eigenvalue weighted by molar-refractivity contribution is -0.0605. The molecule has 32 heavy (non-hydrogen) atoms. The lowest BCUT2D eigenvalue weighted by atomic mass is 10.2. The molecule has 0 bridgehead atoms. The Kier molecular flexibility index (Phi) is 6.62. The molecular formula is C26H37NO4Si. The van der Waals surface area contributed by atoms with E-state index in [0.29, 0.717) is 6.42 Å². The number of amides is 1. The molecule has 174 valence electrons. The first-order valence-electron chi connectivity index (χ1n) is 11.3. The molecule has 5 nitrogen and oxygen atoms in total. The third kappa shape index (κ3) is 4.77. The van der Waals surface area contributed by atoms with Crippen LogP contribution in [0.25, 0.3) is 0 Å². The van der Waals surface area contributed by atoms with Crippen LogP contribution in [0.2, 0.25) is 5.04 Å². The van der Waals surface area contributed by atoms with Gasteiger partial charge < -0.3 is 14.3 Å². The number of hydrogen-bond donors (Lipinski definition) is 1. The summed E-state index contributed by atoms with van der Waals surface area (Å²) in [5.41, 5.74) is -1.64. The summed E-state index contributed by atoms with van der Waals surface area (Å²) in [6, 6.07) is 20.6. The summed E-state index contributed by atoms with van der Waals surface area (Å²) in [5, 5.41) is 12.6. The normalized spacial score (nSPS) is 22.1. The van der Waals surface area contributed by atoms with Crippen LogP contribution in [0.5, 0.6) is 0 Å². The number of rotatable bonds is 4. The lowest BCUT2D eigenvalue weighted by Crippen LogP contribution is -2.71. The highest BCUT2D eigenvalue weighted by Gasteiger charge is 2.58. The Balaban J connectivity index is 2.17. The molecule has 1 N–H and O–H groups in total. The van der Waals surface area contributed by atoms with E-state index < -0.39 is 31.8 Å². The van der Waals surface area contributed by atoms with Crippen LogP contribution in [0.4, 0.5) is 4.79 Å². The van der Waals surface area contributed by atoms with E-state index in [1.807, 2.05) is 64.1 Å². The maximum atomic E-state index is 13.2. The fraction of sp³-hybridized carbons (Fsp3) is 0.500. The van der Waals surface area contributed by atoms with Crippen molar-refractivity contribution < 1.29 is 19.1 Å². The van der Waals surface area contributed by atoms with Crippen molar-refractivity contribution in [2.24, 2.45) is 0 Å². The van der Waals surface area contributed by atoms with Gasteiger partial charge in [-0.3, -0.25) is 4.90 Å². The minimum absolute atomic E-state index is 0.184. The molecule has 1 fully saturated rings. The minimum Gasteiger partial charge on any atom is -0.444 e. The van der Waals surface area contributed by atoms with Gasteiger partial charge in [-0.05, 0) is 43.1 Å². The van der Waals surface area contributed by atoms with E-state index in [9.17, 15) is 9.90 Å². The van der Waals surface area contributed by atoms with Gasteiger partial charge in [-0.15, -0.1) is 0 Å². The quantitative estimate of drug-likeness (QED) is 0.699. The molecule has 0 spiro atoms. The maximum absolute atomic E-state index is 13.2. The molecule has 0 aliphatic carbocycles. The predicted octanol–water partition coefficient (Wildman–Crippen LogP) is 4.28. The minimum atomic E-state index is -2.92. The highest BCUT2D eigenvalue weighted by atomic mass is 28.4. The smallest absolute Gasteiger partial charge is 0.412 e. The number of aliphatic hydroxyl groups excluding tert-OH is 1. The number of nitrogens with zero attached hydrogens (tertiary/aromatic N) is 1. The average Bonchev–Trinajstić information content (AvgIpc) is 2.99. The molecule has 0 radical (unpaired) electrons. The molecule has 1 saturated heterocycles. The summed E-state index contributed by atoms with van der Waals surface area (Å²) in [5.74, 6) is 0. The Labute approximate surface area is 193 Å². The zero-order valence-electron chi connectivity index (χ0n) is 20.4. The van der Waals surface area contributed by atoms with Crippen molar-refractivity contribution in [3.8, 4) is 0 Å². The van der Waals surface area contributed by atoms with Crippen molar-refractivity contribution in [3.05, 3.63) is 60.7 Å². The number of likely N-dealkylation sites (tertiary alicyclic amines) is 1. The van der Waals surface area contributed by atoms with Crippen molar-refractivity contribution in [1.29, 1.82) is 0 Å². The molecule has 3 rings (SSSR count). The van der Waals surface area contributed by atoms with Gasteiger partial charge in [0.1, 0.15) is 11.3 Å². The Bertz CT molecular complexity index is 881. The molecule has 2 aromatic carbocycles. The second-order valence-corrected chi connectivity index (χ2v) is 15.1. The van der Waals surface area contributed by atoms with E-state index >= 15 is 0 Å². The predicted molar refractivity (Wildman–Crippen MR) is 131 cm³/mol. The molecule has 1 amide bonds. The standard InChI is InChI=1S/C26H37NO4Si/c1-24(2,3)30-23(29)27-19-20(28)18-26(27,7)31-32(25(4,5)6,21-14-10-8-11-15-21)22-16-12-9-13-17-22/h8-17,20,28H,18-19H2,1-7H3/t20-,26+/m0/s1. The van der Waals surface area contributed by atoms with E-state index in [1.54, 1.807) is 4.90 Å². The van der Waals surface area contributed by atoms with Crippen LogP contribution in [0.15, 0.2) is 60.7 Å². The van der Waals surface area contributed by atoms with Gasteiger partial charge in [0.25, 0.3) is 8.32 Å². The van der Waals surface area contributed by atoms with Gasteiger partial charge in [-0.25, -0.2) is 4.79 Å². The number of aliphatic hydroxyl groups is 1. The van der Waals surface area contributed by atoms with Crippen LogP contribution in [-0.2, 0) is 9.16 Å². The summed E-state index contributed by atoms with van der Waals surface area (Å²) >= 11 is 0. The number of carbonyl (C=O) groups excluding carboxylic acids is 1. The van der Waals surface area contributed by atoms with Gasteiger partial charge in [0, 0.05) is 6.42 Å². The first-order chi connectivity index (χ1) is 14.8. The molecule has 0 aromatic heterocycles. The average molecular weight is 456 g/mol. The molecule has 0 unspecified atom stereocenters. The zero-order valence-corrected chi connectivity index (χ0v) is 21.4. The summed E-state index contributed by atoms with van der Waals surface area (Å²) in [4.78, 5) is 14.7. The van der Waals surface area contributed by atoms with Crippen LogP contribution in [0, 0.1) is 0 Å². The molecule has 1 aliphatic heterocycles. The highest BCUT2D eigenvalue weighted by molar-refractivity contribution is 6.99. The Hall–Kier alpha value is -2.15. The van der Waals surface area contributed by atoms with Crippen LogP contribution >= 0.6 is 0 Å². The van der Waals surface area contributed by atoms with E-state index in [0.717, 1.165) is 10.4 Å². The summed E-state index contributed by atoms with van der Waals surface area (Å²) in [6.07, 6.45) is -0.809. The van der Waals surface area contributed by atoms with Gasteiger partial charge in [0.2, 0.25) is 0 Å². The summed E-state index contributed by atoms with van der Waals surface area (Å²) < 4.78 is 12.9. The number of ether oxygens (including phenoxy) is 1. The van der Waals surface area contributed by atoms with Crippen LogP contribution in [0.3, 0.4) is 0 Å². The Morgan fingerprint density at radius 3 is 1.84 bits per heavy atom. The summed E-state index contributed by atoms with van der Waals surface area (Å²) in [7, 11) is -2.92. The van der Waals surface area contributed by atoms with Gasteiger partial charge in [-0.1, -0.05) is 81.4 Å². The number of hydrogen-bond acceptors (Lipinski definition) is 4. The van der Waals surface area contributed by atoms with Gasteiger partial charge in [0.15, 0.2) is 0 Å². The fourth-order valence-electron chi connectivity index (χ4n) is 4.68. The van der Waals surface area contributed by atoms with E-state index in [1.165, 1.54) is 0 Å². The molecule has 1 heterocycles. The molecular weight excluding hydrogens is 418 g/mol. The molecule has 2 aromatic rings. The van der Waals surface area contributed by atoms with E-state index in [4.69, 9.17) is 9.16 Å². The first kappa shape index (κ1) is 24.5.